The fourth-order valence-corrected chi connectivity index (χ4v) is 9.41. The number of ether oxygens (including phenoxy) is 1. The van der Waals surface area contributed by atoms with Crippen molar-refractivity contribution in [2.45, 2.75) is 310 Å². The summed E-state index contributed by atoms with van der Waals surface area (Å²) in [5.74, 6) is -0.372. The van der Waals surface area contributed by atoms with Crippen LogP contribution in [0.1, 0.15) is 321 Å². The Hall–Kier alpha value is -3.68. The maximum absolute atomic E-state index is 13.0. The van der Waals surface area contributed by atoms with Crippen molar-refractivity contribution in [3.8, 4) is 11.5 Å². The van der Waals surface area contributed by atoms with Crippen LogP contribution in [0, 0.1) is 0 Å². The lowest BCUT2D eigenvalue weighted by Crippen LogP contribution is -2.18. The molecule has 2 aromatic carbocycles. The van der Waals surface area contributed by atoms with Crippen molar-refractivity contribution in [3.05, 3.63) is 58.1 Å². The molecule has 1 aliphatic rings. The van der Waals surface area contributed by atoms with Gasteiger partial charge in [-0.05, 0) is 70.6 Å². The molecule has 1 aliphatic heterocycles. The predicted octanol–water partition coefficient (Wildman–Crippen LogP) is 18.8. The van der Waals surface area contributed by atoms with Crippen LogP contribution in [0.3, 0.4) is 0 Å². The summed E-state index contributed by atoms with van der Waals surface area (Å²) in [5, 5.41) is 29.8. The molecule has 1 heterocycles. The van der Waals surface area contributed by atoms with Crippen molar-refractivity contribution in [1.29, 1.82) is 0 Å². The van der Waals surface area contributed by atoms with Crippen LogP contribution in [0.4, 0.5) is 0 Å². The minimum atomic E-state index is -0.679. The molecule has 0 aromatic heterocycles. The Bertz CT molecular complexity index is 1730. The van der Waals surface area contributed by atoms with Crippen LogP contribution >= 0.6 is 0 Å². The van der Waals surface area contributed by atoms with Gasteiger partial charge in [-0.3, -0.25) is 19.2 Å². The molecule has 72 heavy (non-hydrogen) atoms. The van der Waals surface area contributed by atoms with E-state index in [0.29, 0.717) is 37.2 Å². The van der Waals surface area contributed by atoms with Crippen molar-refractivity contribution in [2.75, 3.05) is 0 Å². The summed E-state index contributed by atoms with van der Waals surface area (Å²) in [6, 6.07) is 9.86. The second-order valence-electron chi connectivity index (χ2n) is 25.2. The number of rotatable bonds is 18. The van der Waals surface area contributed by atoms with Gasteiger partial charge in [-0.25, -0.2) is 0 Å². The van der Waals surface area contributed by atoms with E-state index in [1.54, 1.807) is 0 Å². The van der Waals surface area contributed by atoms with Crippen molar-refractivity contribution >= 4 is 23.7 Å². The Balaban J connectivity index is 0.000000603. The molecule has 412 valence electrons. The van der Waals surface area contributed by atoms with Gasteiger partial charge in [0.1, 0.15) is 11.5 Å². The zero-order chi connectivity index (χ0) is 54.2. The Morgan fingerprint density at radius 2 is 0.681 bits per heavy atom. The number of para-hydroxylation sites is 1. The van der Waals surface area contributed by atoms with Crippen molar-refractivity contribution in [2.24, 2.45) is 0 Å². The average Bonchev–Trinajstić information content (AvgIpc) is 3.27. The molecule has 0 amide bonds. The van der Waals surface area contributed by atoms with E-state index < -0.39 is 5.97 Å². The number of hydrogen-bond donors (Lipinski definition) is 3. The lowest BCUT2D eigenvalue weighted by molar-refractivity contribution is -0.159. The summed E-state index contributed by atoms with van der Waals surface area (Å²) < 4.78 is 4.84. The molecular weight excluding hydrogens is 897 g/mol. The molecule has 8 nitrogen and oxygen atoms in total. The summed E-state index contributed by atoms with van der Waals surface area (Å²) in [5.41, 5.74) is 4.04. The number of hydrogen-bond acceptors (Lipinski definition) is 7. The van der Waals surface area contributed by atoms with Crippen LogP contribution in [0.5, 0.6) is 11.5 Å². The van der Waals surface area contributed by atoms with Gasteiger partial charge in [0.25, 0.3) is 0 Å². The number of carboxylic acid groups (broad SMARTS) is 1. The smallest absolute Gasteiger partial charge is 0.313 e. The van der Waals surface area contributed by atoms with Gasteiger partial charge in [0, 0.05) is 42.4 Å². The molecule has 0 unspecified atom stereocenters. The second kappa shape index (κ2) is 35.5. The number of carboxylic acids is 1. The molecule has 0 saturated carbocycles. The van der Waals surface area contributed by atoms with Crippen molar-refractivity contribution < 1.29 is 39.2 Å². The average molecular weight is 1010 g/mol. The summed E-state index contributed by atoms with van der Waals surface area (Å²) in [4.78, 5) is 46.4. The first-order valence-electron chi connectivity index (χ1n) is 29.0. The molecule has 3 rings (SSSR count). The Kier molecular flexibility index (Phi) is 32.7. The zero-order valence-corrected chi connectivity index (χ0v) is 48.4. The molecule has 0 radical (unpaired) electrons. The highest BCUT2D eigenvalue weighted by Gasteiger charge is 2.28. The first kappa shape index (κ1) is 66.3. The Labute approximate surface area is 441 Å². The fourth-order valence-electron chi connectivity index (χ4n) is 9.41. The van der Waals surface area contributed by atoms with E-state index in [2.05, 4.69) is 83.1 Å². The lowest BCUT2D eigenvalue weighted by atomic mass is 9.78. The van der Waals surface area contributed by atoms with Crippen LogP contribution in [0.25, 0.3) is 0 Å². The summed E-state index contributed by atoms with van der Waals surface area (Å²) in [6.07, 6.45) is 35.1. The van der Waals surface area contributed by atoms with Gasteiger partial charge in [0.15, 0.2) is 5.78 Å². The fraction of sp³-hybridized carbons (Fsp3) is 0.750. The number of unbranched alkanes of at least 4 members (excludes halogenated alkanes) is 13. The van der Waals surface area contributed by atoms with Crippen LogP contribution in [0.15, 0.2) is 30.3 Å². The standard InChI is InChI=1S/C32H54O4.C18H32O3.C14H22O/c1-31(2,3)26-23-25(24-27(30(26)36)32(4,5)6)28(33)21-19-17-15-13-11-9-7-8-10-12-14-16-18-20-22-29(34)35;19-17-15-13-11-9-7-5-3-1-2-4-6-8-10-12-14-16-18(20)21-17;1-13(2,3)10-8-7-9-11(12(10)15)14(4,5)6/h23-24,36H,7-22H2,1-6H3,(H,34,35);1-16H2;7-9,15H,1-6H3. The van der Waals surface area contributed by atoms with Gasteiger partial charge in [-0.15, -0.1) is 0 Å². The molecule has 0 spiro atoms. The Morgan fingerprint density at radius 3 is 0.972 bits per heavy atom. The largest absolute Gasteiger partial charge is 0.507 e. The second-order valence-corrected chi connectivity index (χ2v) is 25.2. The topological polar surface area (TPSA) is 138 Å². The predicted molar refractivity (Wildman–Crippen MR) is 302 cm³/mol. The van der Waals surface area contributed by atoms with E-state index in [0.717, 1.165) is 85.6 Å². The van der Waals surface area contributed by atoms with Crippen LogP contribution in [0.2, 0.25) is 0 Å². The van der Waals surface area contributed by atoms with E-state index >= 15 is 0 Å². The normalized spacial score (nSPS) is 15.4. The molecule has 2 aromatic rings. The number of carbonyl (C=O) groups excluding carboxylic acids is 3. The number of cyclic esters (lactones) is 2. The quantitative estimate of drug-likeness (QED) is 0.0581. The maximum atomic E-state index is 13.0. The third-order valence-corrected chi connectivity index (χ3v) is 14.0. The van der Waals surface area contributed by atoms with Gasteiger partial charge in [0.2, 0.25) is 0 Å². The summed E-state index contributed by atoms with van der Waals surface area (Å²) in [6.45, 7) is 25.2. The zero-order valence-electron chi connectivity index (χ0n) is 48.4. The SMILES string of the molecule is CC(C)(C)c1cc(C(=O)CCCCCCCCCCCCCCCCC(=O)O)cc(C(C)(C)C)c1O.CC(C)(C)c1cccc(C(C)(C)C)c1O.O=C1CCCCCCCCCCCCCCCCC(=O)O1. The van der Waals surface area contributed by atoms with E-state index in [-0.39, 0.29) is 39.4 Å². The highest BCUT2D eigenvalue weighted by molar-refractivity contribution is 5.97. The third kappa shape index (κ3) is 30.5. The van der Waals surface area contributed by atoms with Gasteiger partial charge in [-0.2, -0.15) is 0 Å². The van der Waals surface area contributed by atoms with E-state index in [1.807, 2.05) is 30.3 Å². The Morgan fingerprint density at radius 1 is 0.417 bits per heavy atom. The number of ketones is 1. The number of phenols is 2. The molecule has 3 N–H and O–H groups in total. The van der Waals surface area contributed by atoms with Gasteiger partial charge >= 0.3 is 17.9 Å². The third-order valence-electron chi connectivity index (χ3n) is 14.0. The first-order chi connectivity index (χ1) is 33.8. The van der Waals surface area contributed by atoms with Crippen LogP contribution in [-0.4, -0.2) is 39.0 Å². The minimum Gasteiger partial charge on any atom is -0.507 e. The molecule has 1 fully saturated rings. The number of aromatic hydroxyl groups is 2. The lowest BCUT2D eigenvalue weighted by Gasteiger charge is -2.28. The van der Waals surface area contributed by atoms with Crippen molar-refractivity contribution in [3.63, 3.8) is 0 Å². The van der Waals surface area contributed by atoms with Gasteiger partial charge in [0.05, 0.1) is 0 Å². The molecule has 0 aliphatic carbocycles. The highest BCUT2D eigenvalue weighted by Crippen LogP contribution is 2.41. The minimum absolute atomic E-state index is 0.00859. The first-order valence-corrected chi connectivity index (χ1v) is 29.0. The van der Waals surface area contributed by atoms with E-state index in [1.165, 1.54) is 122 Å². The number of esters is 2. The monoisotopic (exact) mass is 1000 g/mol. The van der Waals surface area contributed by atoms with Gasteiger partial charge in [-0.1, -0.05) is 255 Å². The summed E-state index contributed by atoms with van der Waals surface area (Å²) in [7, 11) is 0. The number of aliphatic carboxylic acids is 1. The number of benzene rings is 2. The maximum Gasteiger partial charge on any atom is 0.313 e. The van der Waals surface area contributed by atoms with E-state index in [4.69, 9.17) is 9.84 Å². The molecule has 0 atom stereocenters. The molecule has 0 bridgehead atoms. The van der Waals surface area contributed by atoms with Crippen LogP contribution in [-0.2, 0) is 40.8 Å². The van der Waals surface area contributed by atoms with Crippen LogP contribution < -0.4 is 0 Å². The molecule has 8 heteroatoms. The molecular formula is C64H108O8. The number of carbonyl (C=O) groups is 4. The number of phenolic OH excluding ortho intramolecular Hbond substituents is 2. The molecule has 1 saturated heterocycles. The highest BCUT2D eigenvalue weighted by atomic mass is 16.6. The van der Waals surface area contributed by atoms with E-state index in [9.17, 15) is 29.4 Å². The number of Topliss-reactive ketones (excluding diaryl/α,β-unsaturated/α-hetero) is 1. The summed E-state index contributed by atoms with van der Waals surface area (Å²) >= 11 is 0. The van der Waals surface area contributed by atoms with Gasteiger partial charge < -0.3 is 20.1 Å². The van der Waals surface area contributed by atoms with Crippen molar-refractivity contribution in [1.82, 2.24) is 0 Å².